The van der Waals surface area contributed by atoms with Crippen LogP contribution < -0.4 is 0 Å². The predicted molar refractivity (Wildman–Crippen MR) is 26.9 cm³/mol. The highest BCUT2D eigenvalue weighted by Gasteiger charge is 1.83. The average molecular weight is 116 g/mol. The summed E-state index contributed by atoms with van der Waals surface area (Å²) in [6, 6.07) is 0. The zero-order chi connectivity index (χ0) is 6.41. The molecule has 1 radical (unpaired) electrons. The van der Waals surface area contributed by atoms with Crippen molar-refractivity contribution in [2.24, 2.45) is 5.16 Å². The maximum atomic E-state index is 9.84. The first-order chi connectivity index (χ1) is 3.77. The Morgan fingerprint density at radius 3 is 2.88 bits per heavy atom. The van der Waals surface area contributed by atoms with Gasteiger partial charge in [-0.15, -0.1) is 0 Å². The van der Waals surface area contributed by atoms with Crippen LogP contribution >= 0.6 is 0 Å². The Morgan fingerprint density at radius 1 is 1.88 bits per heavy atom. The minimum Gasteiger partial charge on any atom is -0.411 e. The molecule has 0 aliphatic carbocycles. The van der Waals surface area contributed by atoms with Crippen molar-refractivity contribution in [1.82, 2.24) is 0 Å². The van der Waals surface area contributed by atoms with Gasteiger partial charge in [-0.05, 0) is 0 Å². The number of oxime groups is 1. The molecule has 0 saturated heterocycles. The summed E-state index contributed by atoms with van der Waals surface area (Å²) in [6.07, 6.45) is 0.870. The molecule has 0 aliphatic rings. The largest absolute Gasteiger partial charge is 0.411 e. The highest BCUT2D eigenvalue weighted by Crippen LogP contribution is 1.69. The van der Waals surface area contributed by atoms with Crippen molar-refractivity contribution in [3.63, 3.8) is 0 Å². The molecule has 0 aromatic carbocycles. The molecule has 4 heteroatoms. The highest BCUT2D eigenvalue weighted by molar-refractivity contribution is 5.80. The van der Waals surface area contributed by atoms with E-state index in [1.54, 1.807) is 0 Å². The summed E-state index contributed by atoms with van der Waals surface area (Å²) < 4.78 is 4.12. The number of rotatable bonds is 2. The van der Waals surface area contributed by atoms with Crippen molar-refractivity contribution in [3.8, 4) is 0 Å². The van der Waals surface area contributed by atoms with Crippen molar-refractivity contribution in [2.75, 3.05) is 7.11 Å². The van der Waals surface area contributed by atoms with E-state index in [9.17, 15) is 4.79 Å². The molecule has 0 fully saturated rings. The highest BCUT2D eigenvalue weighted by atomic mass is 16.6. The monoisotopic (exact) mass is 116 g/mol. The molecular formula is C4H6NO3. The molecule has 0 bridgehead atoms. The van der Waals surface area contributed by atoms with Crippen molar-refractivity contribution < 1.29 is 14.4 Å². The van der Waals surface area contributed by atoms with E-state index >= 15 is 0 Å². The molecule has 0 saturated carbocycles. The first-order valence-corrected chi connectivity index (χ1v) is 1.85. The van der Waals surface area contributed by atoms with Gasteiger partial charge in [-0.1, -0.05) is 5.16 Å². The smallest absolute Gasteiger partial charge is 0.312 e. The lowest BCUT2D eigenvalue weighted by Crippen LogP contribution is -1.95. The van der Waals surface area contributed by atoms with Gasteiger partial charge >= 0.3 is 5.97 Å². The molecule has 0 heterocycles. The minimum atomic E-state index is -0.661. The summed E-state index contributed by atoms with van der Waals surface area (Å²) in [7, 11) is 1.34. The van der Waals surface area contributed by atoms with Crippen LogP contribution in [0.15, 0.2) is 5.16 Å². The minimum absolute atomic E-state index is 0.661. The molecular weight excluding hydrogens is 110 g/mol. The number of hydrogen-bond acceptors (Lipinski definition) is 4. The lowest BCUT2D eigenvalue weighted by molar-refractivity contribution is -0.130. The Labute approximate surface area is 47.1 Å². The zero-order valence-electron chi connectivity index (χ0n) is 4.46. The van der Waals surface area contributed by atoms with E-state index in [-0.39, 0.29) is 0 Å². The summed E-state index contributed by atoms with van der Waals surface area (Å²) in [5.74, 6) is -0.661. The average Bonchev–Trinajstić information content (AvgIpc) is 1.66. The van der Waals surface area contributed by atoms with Gasteiger partial charge in [0.1, 0.15) is 7.11 Å². The van der Waals surface area contributed by atoms with Crippen LogP contribution in [0.5, 0.6) is 0 Å². The lowest BCUT2D eigenvalue weighted by atomic mass is 10.8. The van der Waals surface area contributed by atoms with E-state index in [1.165, 1.54) is 7.11 Å². The fraction of sp³-hybridized carbons (Fsp3) is 0.250. The predicted octanol–water partition coefficient (Wildman–Crippen LogP) is -0.0466. The second-order valence-electron chi connectivity index (χ2n) is 0.883. The van der Waals surface area contributed by atoms with Gasteiger partial charge in [0.2, 0.25) is 6.40 Å². The van der Waals surface area contributed by atoms with E-state index in [1.807, 2.05) is 0 Å². The third-order valence-corrected chi connectivity index (χ3v) is 0.333. The quantitative estimate of drug-likeness (QED) is 0.220. The first-order valence-electron chi connectivity index (χ1n) is 1.85. The summed E-state index contributed by atoms with van der Waals surface area (Å²) in [6.45, 7) is 2.90. The first kappa shape index (κ1) is 6.94. The standard InChI is InChI=1S/C4H6NO3/c1-4(6)8-3-5-7-2/h3H,1H2,2H3. The molecule has 0 unspecified atom stereocenters. The van der Waals surface area contributed by atoms with E-state index < -0.39 is 5.97 Å². The SMILES string of the molecule is [CH2]C(=O)OC=NOC. The molecule has 0 N–H and O–H groups in total. The number of esters is 1. The number of carbonyl (C=O) groups excluding carboxylic acids is 1. The normalized spacial score (nSPS) is 9.25. The number of ether oxygens (including phenoxy) is 1. The van der Waals surface area contributed by atoms with Crippen LogP contribution in [0.1, 0.15) is 0 Å². The van der Waals surface area contributed by atoms with E-state index in [0.717, 1.165) is 6.40 Å². The van der Waals surface area contributed by atoms with Crippen LogP contribution in [-0.2, 0) is 14.4 Å². The van der Waals surface area contributed by atoms with E-state index in [4.69, 9.17) is 0 Å². The van der Waals surface area contributed by atoms with Crippen LogP contribution in [0.4, 0.5) is 0 Å². The Balaban J connectivity index is 3.16. The number of nitrogens with zero attached hydrogens (tertiary/aromatic N) is 1. The maximum Gasteiger partial charge on any atom is 0.312 e. The van der Waals surface area contributed by atoms with Crippen LogP contribution in [0, 0.1) is 6.92 Å². The third kappa shape index (κ3) is 4.94. The van der Waals surface area contributed by atoms with Crippen molar-refractivity contribution in [3.05, 3.63) is 6.92 Å². The van der Waals surface area contributed by atoms with Gasteiger partial charge in [0.15, 0.2) is 0 Å². The van der Waals surface area contributed by atoms with Crippen molar-refractivity contribution in [2.45, 2.75) is 0 Å². The van der Waals surface area contributed by atoms with Gasteiger partial charge in [-0.2, -0.15) is 0 Å². The molecule has 0 aromatic heterocycles. The van der Waals surface area contributed by atoms with Gasteiger partial charge in [0.25, 0.3) is 0 Å². The molecule has 0 spiro atoms. The van der Waals surface area contributed by atoms with Crippen molar-refractivity contribution in [1.29, 1.82) is 0 Å². The van der Waals surface area contributed by atoms with Gasteiger partial charge < -0.3 is 9.57 Å². The van der Waals surface area contributed by atoms with Gasteiger partial charge in [0.05, 0.1) is 6.92 Å². The lowest BCUT2D eigenvalue weighted by Gasteiger charge is -1.86. The fourth-order valence-corrected chi connectivity index (χ4v) is 0.123. The molecule has 45 valence electrons. The molecule has 8 heavy (non-hydrogen) atoms. The Morgan fingerprint density at radius 2 is 2.50 bits per heavy atom. The number of hydrogen-bond donors (Lipinski definition) is 0. The summed E-state index contributed by atoms with van der Waals surface area (Å²) >= 11 is 0. The Bertz CT molecular complexity index is 99.5. The zero-order valence-corrected chi connectivity index (χ0v) is 4.46. The molecule has 0 aromatic rings. The number of carbonyl (C=O) groups is 1. The van der Waals surface area contributed by atoms with Crippen LogP contribution in [0.25, 0.3) is 0 Å². The van der Waals surface area contributed by atoms with Crippen LogP contribution in [-0.4, -0.2) is 19.5 Å². The van der Waals surface area contributed by atoms with Gasteiger partial charge in [0, 0.05) is 0 Å². The second kappa shape index (κ2) is 4.11. The second-order valence-corrected chi connectivity index (χ2v) is 0.883. The molecule has 4 nitrogen and oxygen atoms in total. The third-order valence-electron chi connectivity index (χ3n) is 0.333. The van der Waals surface area contributed by atoms with Gasteiger partial charge in [-0.3, -0.25) is 4.79 Å². The summed E-state index contributed by atoms with van der Waals surface area (Å²) in [4.78, 5) is 14.0. The summed E-state index contributed by atoms with van der Waals surface area (Å²) in [5.41, 5.74) is 0. The Hall–Kier alpha value is -1.06. The maximum absolute atomic E-state index is 9.84. The van der Waals surface area contributed by atoms with E-state index in [2.05, 4.69) is 21.7 Å². The summed E-state index contributed by atoms with van der Waals surface area (Å²) in [5, 5.41) is 3.10. The van der Waals surface area contributed by atoms with Crippen LogP contribution in [0.3, 0.4) is 0 Å². The molecule has 0 amide bonds. The Kier molecular flexibility index (Phi) is 3.56. The molecule has 0 rings (SSSR count). The topological polar surface area (TPSA) is 47.9 Å². The molecule has 0 aliphatic heterocycles. The van der Waals surface area contributed by atoms with Crippen molar-refractivity contribution >= 4 is 12.4 Å². The van der Waals surface area contributed by atoms with Crippen LogP contribution in [0.2, 0.25) is 0 Å². The fourth-order valence-electron chi connectivity index (χ4n) is 0.123. The van der Waals surface area contributed by atoms with E-state index in [0.29, 0.717) is 0 Å². The molecule has 0 atom stereocenters. The van der Waals surface area contributed by atoms with Gasteiger partial charge in [-0.25, -0.2) is 0 Å².